The second-order valence-corrected chi connectivity index (χ2v) is 4.56. The predicted octanol–water partition coefficient (Wildman–Crippen LogP) is 2.27. The van der Waals surface area contributed by atoms with E-state index in [9.17, 15) is 9.59 Å². The fraction of sp³-hybridized carbons (Fsp3) is 0.385. The molecule has 0 aromatic heterocycles. The van der Waals surface area contributed by atoms with Crippen LogP contribution in [0.3, 0.4) is 0 Å². The maximum atomic E-state index is 12.1. The number of halogens is 1. The molecule has 0 saturated carbocycles. The molecule has 96 valence electrons. The number of esters is 1. The normalized spacial score (nSPS) is 18.2. The third-order valence-corrected chi connectivity index (χ3v) is 3.49. The van der Waals surface area contributed by atoms with Crippen molar-refractivity contribution < 1.29 is 19.1 Å². The van der Waals surface area contributed by atoms with Gasteiger partial charge in [0.15, 0.2) is 5.78 Å². The van der Waals surface area contributed by atoms with Crippen molar-refractivity contribution in [1.82, 2.24) is 0 Å². The monoisotopic (exact) mass is 268 g/mol. The van der Waals surface area contributed by atoms with Crippen molar-refractivity contribution >= 4 is 23.4 Å². The van der Waals surface area contributed by atoms with E-state index in [4.69, 9.17) is 16.3 Å². The first-order valence-corrected chi connectivity index (χ1v) is 5.92. The molecule has 0 amide bonds. The fourth-order valence-electron chi connectivity index (χ4n) is 2.25. The van der Waals surface area contributed by atoms with Gasteiger partial charge in [0.1, 0.15) is 5.75 Å². The Morgan fingerprint density at radius 2 is 2.06 bits per heavy atom. The van der Waals surface area contributed by atoms with Crippen LogP contribution in [-0.2, 0) is 16.0 Å². The lowest BCUT2D eigenvalue weighted by Gasteiger charge is -2.24. The van der Waals surface area contributed by atoms with Crippen molar-refractivity contribution in [2.45, 2.75) is 12.8 Å². The van der Waals surface area contributed by atoms with Gasteiger partial charge in [0.05, 0.1) is 25.7 Å². The van der Waals surface area contributed by atoms with Gasteiger partial charge in [-0.2, -0.15) is 0 Å². The van der Waals surface area contributed by atoms with E-state index in [-0.39, 0.29) is 18.2 Å². The molecule has 0 heterocycles. The average molecular weight is 269 g/mol. The summed E-state index contributed by atoms with van der Waals surface area (Å²) < 4.78 is 9.85. The van der Waals surface area contributed by atoms with Crippen LogP contribution in [0.5, 0.6) is 5.75 Å². The van der Waals surface area contributed by atoms with Crippen LogP contribution in [0.2, 0.25) is 5.02 Å². The zero-order chi connectivity index (χ0) is 13.3. The van der Waals surface area contributed by atoms with Crippen molar-refractivity contribution in [3.05, 3.63) is 28.3 Å². The topological polar surface area (TPSA) is 52.6 Å². The quantitative estimate of drug-likeness (QED) is 0.772. The van der Waals surface area contributed by atoms with E-state index < -0.39 is 5.92 Å². The summed E-state index contributed by atoms with van der Waals surface area (Å²) >= 11 is 6.09. The maximum absolute atomic E-state index is 12.1. The summed E-state index contributed by atoms with van der Waals surface area (Å²) in [5, 5.41) is 0.479. The molecular formula is C13H13ClO4. The fourth-order valence-corrected chi connectivity index (χ4v) is 2.49. The van der Waals surface area contributed by atoms with E-state index in [1.165, 1.54) is 14.2 Å². The molecule has 0 radical (unpaired) electrons. The summed E-state index contributed by atoms with van der Waals surface area (Å²) in [6.45, 7) is 0. The average Bonchev–Trinajstić information content (AvgIpc) is 2.38. The van der Waals surface area contributed by atoms with Gasteiger partial charge >= 0.3 is 5.97 Å². The zero-order valence-electron chi connectivity index (χ0n) is 10.2. The summed E-state index contributed by atoms with van der Waals surface area (Å²) in [5.74, 6) is -0.471. The molecule has 1 aliphatic carbocycles. The molecule has 0 N–H and O–H groups in total. The Morgan fingerprint density at radius 3 is 2.67 bits per heavy atom. The lowest BCUT2D eigenvalue weighted by Crippen LogP contribution is -2.28. The van der Waals surface area contributed by atoms with Gasteiger partial charge < -0.3 is 9.47 Å². The number of hydrogen-bond acceptors (Lipinski definition) is 4. The second kappa shape index (κ2) is 4.98. The Bertz CT molecular complexity index is 510. The minimum absolute atomic E-state index is 0.133. The van der Waals surface area contributed by atoms with Crippen LogP contribution in [0.25, 0.3) is 0 Å². The number of Topliss-reactive ketones (excluding diaryl/α,β-unsaturated/α-hetero) is 1. The number of fused-ring (bicyclic) bond motifs is 1. The molecule has 2 rings (SSSR count). The smallest absolute Gasteiger partial charge is 0.309 e. The molecule has 1 aromatic rings. The summed E-state index contributed by atoms with van der Waals surface area (Å²) in [5.41, 5.74) is 1.16. The number of hydrogen-bond donors (Lipinski definition) is 0. The van der Waals surface area contributed by atoms with E-state index in [1.54, 1.807) is 12.1 Å². The standard InChI is InChI=1S/C13H13ClO4/c1-17-11-4-3-9(14)8-5-7(13(16)18-2)6-10(15)12(8)11/h3-4,7H,5-6H2,1-2H3. The first kappa shape index (κ1) is 12.9. The molecule has 1 aliphatic rings. The van der Waals surface area contributed by atoms with Gasteiger partial charge in [-0.25, -0.2) is 0 Å². The highest BCUT2D eigenvalue weighted by molar-refractivity contribution is 6.32. The predicted molar refractivity (Wildman–Crippen MR) is 66.2 cm³/mol. The molecular weight excluding hydrogens is 256 g/mol. The minimum Gasteiger partial charge on any atom is -0.496 e. The minimum atomic E-state index is -0.459. The SMILES string of the molecule is COC(=O)C1CC(=O)c2c(OC)ccc(Cl)c2C1. The molecule has 0 aliphatic heterocycles. The zero-order valence-corrected chi connectivity index (χ0v) is 10.9. The summed E-state index contributed by atoms with van der Waals surface area (Å²) in [6, 6.07) is 3.34. The number of methoxy groups -OCH3 is 2. The highest BCUT2D eigenvalue weighted by Gasteiger charge is 2.33. The maximum Gasteiger partial charge on any atom is 0.309 e. The van der Waals surface area contributed by atoms with Crippen LogP contribution >= 0.6 is 11.6 Å². The number of ether oxygens (including phenoxy) is 2. The van der Waals surface area contributed by atoms with Crippen molar-refractivity contribution in [3.8, 4) is 5.75 Å². The van der Waals surface area contributed by atoms with Crippen molar-refractivity contribution in [2.75, 3.05) is 14.2 Å². The van der Waals surface area contributed by atoms with Gasteiger partial charge in [0.2, 0.25) is 0 Å². The van der Waals surface area contributed by atoms with E-state index in [0.29, 0.717) is 28.3 Å². The summed E-state index contributed by atoms with van der Waals surface area (Å²) in [7, 11) is 2.82. The number of carbonyl (C=O) groups is 2. The Labute approximate surface area is 110 Å². The molecule has 1 atom stereocenters. The number of ketones is 1. The highest BCUT2D eigenvalue weighted by Crippen LogP contribution is 2.36. The third kappa shape index (κ3) is 2.08. The van der Waals surface area contributed by atoms with Crippen LogP contribution in [0.4, 0.5) is 0 Å². The first-order chi connectivity index (χ1) is 8.58. The van der Waals surface area contributed by atoms with E-state index in [2.05, 4.69) is 4.74 Å². The van der Waals surface area contributed by atoms with Gasteiger partial charge in [-0.1, -0.05) is 11.6 Å². The Morgan fingerprint density at radius 1 is 1.33 bits per heavy atom. The van der Waals surface area contributed by atoms with E-state index >= 15 is 0 Å². The van der Waals surface area contributed by atoms with Crippen LogP contribution in [0.1, 0.15) is 22.3 Å². The third-order valence-electron chi connectivity index (χ3n) is 3.13. The van der Waals surface area contributed by atoms with Crippen molar-refractivity contribution in [1.29, 1.82) is 0 Å². The molecule has 4 nitrogen and oxygen atoms in total. The lowest BCUT2D eigenvalue weighted by molar-refractivity contribution is -0.145. The number of rotatable bonds is 2. The molecule has 0 saturated heterocycles. The molecule has 1 aromatic carbocycles. The molecule has 0 fully saturated rings. The van der Waals surface area contributed by atoms with Crippen LogP contribution in [-0.4, -0.2) is 26.0 Å². The van der Waals surface area contributed by atoms with Gasteiger partial charge in [-0.3, -0.25) is 9.59 Å². The largest absolute Gasteiger partial charge is 0.496 e. The summed E-state index contributed by atoms with van der Waals surface area (Å²) in [4.78, 5) is 23.6. The van der Waals surface area contributed by atoms with E-state index in [0.717, 1.165) is 0 Å². The Balaban J connectivity index is 2.47. The Hall–Kier alpha value is -1.55. The van der Waals surface area contributed by atoms with Crippen LogP contribution < -0.4 is 4.74 Å². The molecule has 0 bridgehead atoms. The van der Waals surface area contributed by atoms with Gasteiger partial charge in [-0.05, 0) is 24.1 Å². The van der Waals surface area contributed by atoms with Crippen molar-refractivity contribution in [3.63, 3.8) is 0 Å². The number of carbonyl (C=O) groups excluding carboxylic acids is 2. The first-order valence-electron chi connectivity index (χ1n) is 5.54. The van der Waals surface area contributed by atoms with Gasteiger partial charge in [0, 0.05) is 11.4 Å². The number of benzene rings is 1. The van der Waals surface area contributed by atoms with E-state index in [1.807, 2.05) is 0 Å². The summed E-state index contributed by atoms with van der Waals surface area (Å²) in [6.07, 6.45) is 0.542. The van der Waals surface area contributed by atoms with Crippen molar-refractivity contribution in [2.24, 2.45) is 5.92 Å². The molecule has 18 heavy (non-hydrogen) atoms. The van der Waals surface area contributed by atoms with Crippen LogP contribution in [0, 0.1) is 5.92 Å². The van der Waals surface area contributed by atoms with Gasteiger partial charge in [0.25, 0.3) is 0 Å². The highest BCUT2D eigenvalue weighted by atomic mass is 35.5. The lowest BCUT2D eigenvalue weighted by atomic mass is 9.82. The second-order valence-electron chi connectivity index (χ2n) is 4.15. The molecule has 5 heteroatoms. The van der Waals surface area contributed by atoms with Crippen LogP contribution in [0.15, 0.2) is 12.1 Å². The molecule has 0 spiro atoms. The van der Waals surface area contributed by atoms with Gasteiger partial charge in [-0.15, -0.1) is 0 Å². The molecule has 1 unspecified atom stereocenters. The Kier molecular flexibility index (Phi) is 3.57.